The monoisotopic (exact) mass is 664 g/mol. The van der Waals surface area contributed by atoms with E-state index in [1.54, 1.807) is 0 Å². The van der Waals surface area contributed by atoms with E-state index >= 15 is 0 Å². The van der Waals surface area contributed by atoms with Crippen LogP contribution >= 0.6 is 16.9 Å². The molecule has 4 fully saturated rings. The molecule has 0 bridgehead atoms. The van der Waals surface area contributed by atoms with Gasteiger partial charge in [-0.1, -0.05) is 98.5 Å². The third-order valence-corrected chi connectivity index (χ3v) is 14.6. The number of hydrogen-bond acceptors (Lipinski definition) is 6. The normalized spacial score (nSPS) is 27.1. The van der Waals surface area contributed by atoms with Crippen molar-refractivity contribution >= 4 is 39.6 Å². The molecule has 2 aliphatic heterocycles. The van der Waals surface area contributed by atoms with Crippen molar-refractivity contribution in [2.45, 2.75) is 82.0 Å². The van der Waals surface area contributed by atoms with Crippen molar-refractivity contribution < 1.29 is 9.05 Å². The van der Waals surface area contributed by atoms with Crippen LogP contribution in [0.1, 0.15) is 57.8 Å². The fourth-order valence-corrected chi connectivity index (χ4v) is 13.0. The van der Waals surface area contributed by atoms with E-state index in [-0.39, 0.29) is 0 Å². The summed E-state index contributed by atoms with van der Waals surface area (Å²) in [6.07, 6.45) is 10.8. The van der Waals surface area contributed by atoms with Gasteiger partial charge in [-0.05, 0) is 80.6 Å². The van der Waals surface area contributed by atoms with Gasteiger partial charge in [-0.15, -0.1) is 0 Å². The van der Waals surface area contributed by atoms with Gasteiger partial charge in [0.05, 0.1) is 37.4 Å². The first kappa shape index (κ1) is 31.1. The molecule has 8 rings (SSSR count). The van der Waals surface area contributed by atoms with Crippen LogP contribution < -0.4 is 18.7 Å². The average Bonchev–Trinajstić information content (AvgIpc) is 3.65. The van der Waals surface area contributed by atoms with Gasteiger partial charge in [0, 0.05) is 22.7 Å². The van der Waals surface area contributed by atoms with Gasteiger partial charge in [0.1, 0.15) is 0 Å². The maximum absolute atomic E-state index is 7.03. The largest absolute Gasteiger partial charge is 0.322 e. The highest BCUT2D eigenvalue weighted by Gasteiger charge is 2.51. The number of anilines is 4. The maximum Gasteiger partial charge on any atom is 0.249 e. The van der Waals surface area contributed by atoms with E-state index in [9.17, 15) is 0 Å². The van der Waals surface area contributed by atoms with Crippen molar-refractivity contribution in [1.29, 1.82) is 0 Å². The summed E-state index contributed by atoms with van der Waals surface area (Å²) in [5.74, 6) is 0. The summed E-state index contributed by atoms with van der Waals surface area (Å²) in [7, 11) is -2.01. The molecule has 4 aliphatic rings. The van der Waals surface area contributed by atoms with E-state index in [2.05, 4.69) is 140 Å². The van der Waals surface area contributed by atoms with Crippen molar-refractivity contribution in [1.82, 2.24) is 0 Å². The molecule has 2 heterocycles. The Labute approximate surface area is 283 Å². The minimum atomic E-state index is -1.01. The number of fused-ring (bicyclic) bond motifs is 2. The summed E-state index contributed by atoms with van der Waals surface area (Å²) < 4.78 is 24.6. The Morgan fingerprint density at radius 2 is 0.660 bits per heavy atom. The Morgan fingerprint density at radius 3 is 0.915 bits per heavy atom. The molecule has 4 aromatic rings. The summed E-state index contributed by atoms with van der Waals surface area (Å²) in [6, 6.07) is 45.8. The van der Waals surface area contributed by atoms with Crippen LogP contribution in [0.2, 0.25) is 0 Å². The Kier molecular flexibility index (Phi) is 9.64. The Balaban J connectivity index is 1.02. The highest BCUT2D eigenvalue weighted by Crippen LogP contribution is 2.62. The second-order valence-corrected chi connectivity index (χ2v) is 16.3. The van der Waals surface area contributed by atoms with E-state index in [1.807, 2.05) is 0 Å². The molecule has 2 saturated carbocycles. The minimum absolute atomic E-state index is 0.470. The topological polar surface area (TPSA) is 31.4 Å². The van der Waals surface area contributed by atoms with Crippen molar-refractivity contribution in [2.24, 2.45) is 0 Å². The molecule has 47 heavy (non-hydrogen) atoms. The third-order valence-electron chi connectivity index (χ3n) is 10.2. The molecule has 4 aromatic carbocycles. The molecule has 4 unspecified atom stereocenters. The Bertz CT molecular complexity index is 1320. The van der Waals surface area contributed by atoms with Gasteiger partial charge in [0.15, 0.2) is 0 Å². The number of nitrogens with zero attached hydrogens (tertiary/aromatic N) is 4. The zero-order chi connectivity index (χ0) is 31.4. The van der Waals surface area contributed by atoms with Gasteiger partial charge in [0.2, 0.25) is 16.9 Å². The zero-order valence-electron chi connectivity index (χ0n) is 27.1. The van der Waals surface area contributed by atoms with Crippen LogP contribution in [0.4, 0.5) is 22.7 Å². The van der Waals surface area contributed by atoms with Crippen molar-refractivity contribution in [3.63, 3.8) is 0 Å². The number of rotatable bonds is 10. The van der Waals surface area contributed by atoms with Crippen LogP contribution in [0, 0.1) is 0 Å². The van der Waals surface area contributed by atoms with Crippen LogP contribution in [0.15, 0.2) is 121 Å². The highest BCUT2D eigenvalue weighted by molar-refractivity contribution is 7.57. The number of benzene rings is 4. The summed E-state index contributed by atoms with van der Waals surface area (Å²) in [5.41, 5.74) is 5.11. The van der Waals surface area contributed by atoms with Gasteiger partial charge in [-0.2, -0.15) is 0 Å². The lowest BCUT2D eigenvalue weighted by atomic mass is 9.90. The standard InChI is InChI=1S/C39H46N4O2P2/c1-5-18-32(19-6-1)40-36-26-13-14-27-37(36)41(33-20-7-2-8-21-33)46(40)44-30-17-31-45-47-42(34-22-9-3-10-23-34)38-28-15-16-29-39(38)43(47)35-24-11-4-12-25-35/h1-12,18-25,36-39H,13-17,26-31H2. The molecule has 244 valence electrons. The Hall–Kier alpha value is -3.14. The fourth-order valence-electron chi connectivity index (χ4n) is 8.12. The van der Waals surface area contributed by atoms with E-state index in [1.165, 1.54) is 74.1 Å². The lowest BCUT2D eigenvalue weighted by molar-refractivity contribution is 0.275. The predicted molar refractivity (Wildman–Crippen MR) is 198 cm³/mol. The average molecular weight is 665 g/mol. The molecule has 6 nitrogen and oxygen atoms in total. The molecule has 0 spiro atoms. The van der Waals surface area contributed by atoms with Gasteiger partial charge >= 0.3 is 0 Å². The van der Waals surface area contributed by atoms with E-state index in [0.717, 1.165) is 6.42 Å². The van der Waals surface area contributed by atoms with E-state index < -0.39 is 16.9 Å². The first-order valence-electron chi connectivity index (χ1n) is 17.6. The third kappa shape index (κ3) is 6.27. The molecule has 8 heteroatoms. The first-order valence-corrected chi connectivity index (χ1v) is 19.9. The second-order valence-electron chi connectivity index (χ2n) is 13.1. The molecule has 0 radical (unpaired) electrons. The van der Waals surface area contributed by atoms with Crippen LogP contribution in [0.5, 0.6) is 0 Å². The summed E-state index contributed by atoms with van der Waals surface area (Å²) in [5, 5.41) is 0. The fraction of sp³-hybridized carbons (Fsp3) is 0.385. The van der Waals surface area contributed by atoms with Gasteiger partial charge in [0.25, 0.3) is 0 Å². The molecule has 4 atom stereocenters. The van der Waals surface area contributed by atoms with Crippen molar-refractivity contribution in [2.75, 3.05) is 31.9 Å². The quantitative estimate of drug-likeness (QED) is 0.124. The van der Waals surface area contributed by atoms with Crippen LogP contribution in [-0.2, 0) is 9.05 Å². The second kappa shape index (κ2) is 14.5. The van der Waals surface area contributed by atoms with E-state index in [4.69, 9.17) is 9.05 Å². The number of hydrogen-bond donors (Lipinski definition) is 0. The molecule has 0 aromatic heterocycles. The summed E-state index contributed by atoms with van der Waals surface area (Å²) >= 11 is 0. The Morgan fingerprint density at radius 1 is 0.404 bits per heavy atom. The number of para-hydroxylation sites is 4. The lowest BCUT2D eigenvalue weighted by Gasteiger charge is -2.33. The molecule has 2 aliphatic carbocycles. The summed E-state index contributed by atoms with van der Waals surface area (Å²) in [6.45, 7) is 1.34. The molecular formula is C39H46N4O2P2. The molecule has 2 saturated heterocycles. The molecular weight excluding hydrogens is 618 g/mol. The van der Waals surface area contributed by atoms with Crippen molar-refractivity contribution in [3.05, 3.63) is 121 Å². The lowest BCUT2D eigenvalue weighted by Crippen LogP contribution is -2.40. The van der Waals surface area contributed by atoms with Gasteiger partial charge in [-0.3, -0.25) is 0 Å². The van der Waals surface area contributed by atoms with E-state index in [0.29, 0.717) is 37.4 Å². The van der Waals surface area contributed by atoms with Gasteiger partial charge < -0.3 is 27.7 Å². The maximum atomic E-state index is 7.03. The SMILES string of the molecule is c1ccc(N2C3CCCCC3N(c3ccccc3)P2OCCCOP2N(c3ccccc3)C3CCCCC3N2c2ccccc2)cc1. The van der Waals surface area contributed by atoms with Crippen LogP contribution in [-0.4, -0.2) is 37.4 Å². The summed E-state index contributed by atoms with van der Waals surface area (Å²) in [4.78, 5) is 0. The predicted octanol–water partition coefficient (Wildman–Crippen LogP) is 10.5. The molecule has 0 amide bonds. The first-order chi connectivity index (χ1) is 23.4. The van der Waals surface area contributed by atoms with Crippen LogP contribution in [0.25, 0.3) is 0 Å². The minimum Gasteiger partial charge on any atom is -0.322 e. The van der Waals surface area contributed by atoms with Gasteiger partial charge in [-0.25, -0.2) is 0 Å². The molecule has 0 N–H and O–H groups in total. The smallest absolute Gasteiger partial charge is 0.249 e. The van der Waals surface area contributed by atoms with Crippen LogP contribution in [0.3, 0.4) is 0 Å². The van der Waals surface area contributed by atoms with Crippen molar-refractivity contribution in [3.8, 4) is 0 Å². The zero-order valence-corrected chi connectivity index (χ0v) is 28.9. The highest BCUT2D eigenvalue weighted by atomic mass is 31.2.